The van der Waals surface area contributed by atoms with E-state index < -0.39 is 18.4 Å². The van der Waals surface area contributed by atoms with E-state index in [-0.39, 0.29) is 11.8 Å². The van der Waals surface area contributed by atoms with Crippen LogP contribution in [0.2, 0.25) is 0 Å². The number of imidazole rings is 1. The predicted octanol–water partition coefficient (Wildman–Crippen LogP) is -1.32. The Bertz CT molecular complexity index is 462. The zero-order valence-corrected chi connectivity index (χ0v) is 11.1. The molecule has 2 rings (SSSR count). The molecule has 3 unspecified atom stereocenters. The molecule has 2 heterocycles. The van der Waals surface area contributed by atoms with Crippen molar-refractivity contribution in [2.75, 3.05) is 7.11 Å². The van der Waals surface area contributed by atoms with Crippen molar-refractivity contribution in [3.8, 4) is 0 Å². The second-order valence-electron chi connectivity index (χ2n) is 4.68. The van der Waals surface area contributed by atoms with Crippen LogP contribution in [-0.2, 0) is 20.7 Å². The molecule has 1 saturated heterocycles. The van der Waals surface area contributed by atoms with Crippen LogP contribution in [0.25, 0.3) is 0 Å². The maximum Gasteiger partial charge on any atom is 0.242 e. The van der Waals surface area contributed by atoms with E-state index in [1.54, 1.807) is 6.20 Å². The van der Waals surface area contributed by atoms with Gasteiger partial charge in [0.1, 0.15) is 6.04 Å². The Morgan fingerprint density at radius 2 is 2.50 bits per heavy atom. The molecule has 1 aliphatic heterocycles. The van der Waals surface area contributed by atoms with E-state index in [9.17, 15) is 14.7 Å². The molecule has 1 aliphatic rings. The molecule has 2 amide bonds. The van der Waals surface area contributed by atoms with Gasteiger partial charge < -0.3 is 25.5 Å². The second kappa shape index (κ2) is 6.49. The summed E-state index contributed by atoms with van der Waals surface area (Å²) >= 11 is 0. The lowest BCUT2D eigenvalue weighted by atomic mass is 10.1. The zero-order valence-electron chi connectivity index (χ0n) is 11.1. The molecule has 8 nitrogen and oxygen atoms in total. The number of carbonyl (C=O) groups is 2. The van der Waals surface area contributed by atoms with E-state index in [2.05, 4.69) is 20.6 Å². The van der Waals surface area contributed by atoms with Gasteiger partial charge in [-0.05, 0) is 6.42 Å². The lowest BCUT2D eigenvalue weighted by Gasteiger charge is -2.24. The van der Waals surface area contributed by atoms with Crippen molar-refractivity contribution in [1.82, 2.24) is 20.6 Å². The molecular formula is C12H18N4O4. The first-order chi connectivity index (χ1) is 9.60. The molecule has 0 saturated carbocycles. The summed E-state index contributed by atoms with van der Waals surface area (Å²) in [6.45, 7) is 0. The minimum atomic E-state index is -1.14. The van der Waals surface area contributed by atoms with Gasteiger partial charge in [-0.25, -0.2) is 4.98 Å². The number of nitrogens with one attached hydrogen (secondary N) is 3. The molecule has 1 aromatic heterocycles. The SMILES string of the molecule is COC(O)C(Cc1cnc[nH]1)NC(=O)C1CCC(=O)N1. The molecular weight excluding hydrogens is 264 g/mol. The minimum Gasteiger partial charge on any atom is -0.366 e. The van der Waals surface area contributed by atoms with Gasteiger partial charge in [0.25, 0.3) is 0 Å². The van der Waals surface area contributed by atoms with Gasteiger partial charge in [-0.15, -0.1) is 0 Å². The maximum atomic E-state index is 12.0. The number of amides is 2. The van der Waals surface area contributed by atoms with Gasteiger partial charge in [0.2, 0.25) is 11.8 Å². The van der Waals surface area contributed by atoms with Gasteiger partial charge in [0.15, 0.2) is 6.29 Å². The van der Waals surface area contributed by atoms with E-state index in [0.717, 1.165) is 5.69 Å². The number of aromatic nitrogens is 2. The molecule has 20 heavy (non-hydrogen) atoms. The van der Waals surface area contributed by atoms with Crippen molar-refractivity contribution in [2.24, 2.45) is 0 Å². The van der Waals surface area contributed by atoms with Crippen LogP contribution in [0.5, 0.6) is 0 Å². The van der Waals surface area contributed by atoms with Crippen LogP contribution in [0.4, 0.5) is 0 Å². The Morgan fingerprint density at radius 1 is 1.70 bits per heavy atom. The molecule has 1 fully saturated rings. The summed E-state index contributed by atoms with van der Waals surface area (Å²) in [5.74, 6) is -0.459. The molecule has 4 N–H and O–H groups in total. The Kier molecular flexibility index (Phi) is 4.70. The lowest BCUT2D eigenvalue weighted by molar-refractivity contribution is -0.132. The fourth-order valence-electron chi connectivity index (χ4n) is 2.11. The maximum absolute atomic E-state index is 12.0. The molecule has 1 aromatic rings. The highest BCUT2D eigenvalue weighted by Crippen LogP contribution is 2.09. The number of aliphatic hydroxyl groups is 1. The van der Waals surface area contributed by atoms with Crippen LogP contribution >= 0.6 is 0 Å². The highest BCUT2D eigenvalue weighted by Gasteiger charge is 2.30. The van der Waals surface area contributed by atoms with Crippen molar-refractivity contribution in [1.29, 1.82) is 0 Å². The third kappa shape index (κ3) is 3.55. The molecule has 110 valence electrons. The minimum absolute atomic E-state index is 0.137. The van der Waals surface area contributed by atoms with Crippen LogP contribution in [0.15, 0.2) is 12.5 Å². The smallest absolute Gasteiger partial charge is 0.242 e. The second-order valence-corrected chi connectivity index (χ2v) is 4.68. The number of ether oxygens (including phenoxy) is 1. The summed E-state index contributed by atoms with van der Waals surface area (Å²) in [4.78, 5) is 29.9. The molecule has 0 spiro atoms. The first-order valence-electron chi connectivity index (χ1n) is 6.38. The van der Waals surface area contributed by atoms with Crippen molar-refractivity contribution in [3.05, 3.63) is 18.2 Å². The van der Waals surface area contributed by atoms with E-state index in [1.165, 1.54) is 13.4 Å². The first kappa shape index (κ1) is 14.5. The van der Waals surface area contributed by atoms with Gasteiger partial charge >= 0.3 is 0 Å². The Hall–Kier alpha value is -1.93. The summed E-state index contributed by atoms with van der Waals surface area (Å²) in [7, 11) is 1.36. The van der Waals surface area contributed by atoms with Crippen molar-refractivity contribution in [2.45, 2.75) is 37.6 Å². The topological polar surface area (TPSA) is 116 Å². The summed E-state index contributed by atoms with van der Waals surface area (Å²) < 4.78 is 4.86. The molecule has 8 heteroatoms. The van der Waals surface area contributed by atoms with Crippen LogP contribution in [0.3, 0.4) is 0 Å². The van der Waals surface area contributed by atoms with Crippen LogP contribution in [0.1, 0.15) is 18.5 Å². The molecule has 0 radical (unpaired) electrons. The van der Waals surface area contributed by atoms with Gasteiger partial charge in [0.05, 0.1) is 12.4 Å². The summed E-state index contributed by atoms with van der Waals surface area (Å²) in [5.41, 5.74) is 0.766. The Labute approximate surface area is 115 Å². The van der Waals surface area contributed by atoms with Gasteiger partial charge in [0, 0.05) is 31.8 Å². The zero-order chi connectivity index (χ0) is 14.5. The molecule has 0 aliphatic carbocycles. The summed E-state index contributed by atoms with van der Waals surface area (Å²) in [6.07, 6.45) is 3.14. The number of hydrogen-bond donors (Lipinski definition) is 4. The van der Waals surface area contributed by atoms with Crippen molar-refractivity contribution in [3.63, 3.8) is 0 Å². The number of aliphatic hydroxyl groups excluding tert-OH is 1. The van der Waals surface area contributed by atoms with Gasteiger partial charge in [-0.1, -0.05) is 0 Å². The third-order valence-corrected chi connectivity index (χ3v) is 3.22. The fourth-order valence-corrected chi connectivity index (χ4v) is 2.11. The van der Waals surface area contributed by atoms with Crippen molar-refractivity contribution >= 4 is 11.8 Å². The standard InChI is InChI=1S/C12H18N4O4/c1-20-12(19)9(4-7-5-13-6-14-7)16-11(18)8-2-3-10(17)15-8/h5-6,8-9,12,19H,2-4H2,1H3,(H,13,14)(H,15,17)(H,16,18). The Balaban J connectivity index is 1.96. The van der Waals surface area contributed by atoms with Gasteiger partial charge in [-0.3, -0.25) is 9.59 Å². The summed E-state index contributed by atoms with van der Waals surface area (Å²) in [6, 6.07) is -1.17. The number of aromatic amines is 1. The van der Waals surface area contributed by atoms with E-state index in [0.29, 0.717) is 19.3 Å². The van der Waals surface area contributed by atoms with Crippen LogP contribution < -0.4 is 10.6 Å². The number of nitrogens with zero attached hydrogens (tertiary/aromatic N) is 1. The quantitative estimate of drug-likeness (QED) is 0.483. The average molecular weight is 282 g/mol. The number of H-pyrrole nitrogens is 1. The van der Waals surface area contributed by atoms with Crippen molar-refractivity contribution < 1.29 is 19.4 Å². The van der Waals surface area contributed by atoms with E-state index in [4.69, 9.17) is 4.74 Å². The molecule has 3 atom stereocenters. The van der Waals surface area contributed by atoms with Crippen LogP contribution in [0, 0.1) is 0 Å². The fraction of sp³-hybridized carbons (Fsp3) is 0.583. The molecule has 0 aromatic carbocycles. The normalized spacial score (nSPS) is 21.3. The Morgan fingerprint density at radius 3 is 3.05 bits per heavy atom. The number of hydrogen-bond acceptors (Lipinski definition) is 5. The lowest BCUT2D eigenvalue weighted by Crippen LogP contribution is -2.51. The highest BCUT2D eigenvalue weighted by atomic mass is 16.6. The van der Waals surface area contributed by atoms with Crippen LogP contribution in [-0.4, -0.2) is 52.4 Å². The van der Waals surface area contributed by atoms with E-state index in [1.807, 2.05) is 0 Å². The first-order valence-corrected chi connectivity index (χ1v) is 6.38. The predicted molar refractivity (Wildman–Crippen MR) is 68.4 cm³/mol. The highest BCUT2D eigenvalue weighted by molar-refractivity contribution is 5.90. The summed E-state index contributed by atoms with van der Waals surface area (Å²) in [5, 5.41) is 15.1. The largest absolute Gasteiger partial charge is 0.366 e. The molecule has 0 bridgehead atoms. The number of carbonyl (C=O) groups excluding carboxylic acids is 2. The number of rotatable bonds is 6. The van der Waals surface area contributed by atoms with E-state index >= 15 is 0 Å². The number of methoxy groups -OCH3 is 1. The average Bonchev–Trinajstić information content (AvgIpc) is 3.08. The van der Waals surface area contributed by atoms with Gasteiger partial charge in [-0.2, -0.15) is 0 Å². The third-order valence-electron chi connectivity index (χ3n) is 3.22. The monoisotopic (exact) mass is 282 g/mol.